The van der Waals surface area contributed by atoms with E-state index in [-0.39, 0.29) is 57.5 Å². The molecule has 0 saturated heterocycles. The first-order chi connectivity index (χ1) is 5.83. The molecule has 1 atom stereocenters. The van der Waals surface area contributed by atoms with Crippen LogP contribution in [0.2, 0.25) is 0 Å². The van der Waals surface area contributed by atoms with Gasteiger partial charge in [-0.15, -0.1) is 0 Å². The Balaban J connectivity index is 0.00000169. The quantitative estimate of drug-likeness (QED) is 0.659. The van der Waals surface area contributed by atoms with E-state index in [1.165, 1.54) is 0 Å². The van der Waals surface area contributed by atoms with Crippen molar-refractivity contribution in [3.8, 4) is 0 Å². The number of hydrogen-bond acceptors (Lipinski definition) is 2. The van der Waals surface area contributed by atoms with Gasteiger partial charge in [0.2, 0.25) is 5.85 Å². The van der Waals surface area contributed by atoms with Crippen molar-refractivity contribution in [1.29, 1.82) is 0 Å². The van der Waals surface area contributed by atoms with Gasteiger partial charge in [-0.2, -0.15) is 0 Å². The summed E-state index contributed by atoms with van der Waals surface area (Å²) in [7, 11) is 0. The molecular weight excluding hydrogens is 228 g/mol. The SMILES string of the molecule is O=C(O)C1=C(F)C(F)=CC(O)(F)C1.[K]. The fourth-order valence-electron chi connectivity index (χ4n) is 0.948. The van der Waals surface area contributed by atoms with Crippen LogP contribution in [0.1, 0.15) is 6.42 Å². The van der Waals surface area contributed by atoms with Crippen molar-refractivity contribution >= 4 is 57.4 Å². The molecule has 1 unspecified atom stereocenters. The van der Waals surface area contributed by atoms with Crippen molar-refractivity contribution in [2.45, 2.75) is 12.3 Å². The first kappa shape index (κ1) is 14.3. The minimum Gasteiger partial charge on any atom is -0.478 e. The van der Waals surface area contributed by atoms with Gasteiger partial charge in [0, 0.05) is 63.9 Å². The zero-order valence-electron chi connectivity index (χ0n) is 7.22. The predicted molar refractivity (Wildman–Crippen MR) is 41.4 cm³/mol. The summed E-state index contributed by atoms with van der Waals surface area (Å²) in [6.07, 6.45) is -1.10. The number of rotatable bonds is 1. The van der Waals surface area contributed by atoms with Gasteiger partial charge in [0.1, 0.15) is 0 Å². The molecule has 0 spiro atoms. The van der Waals surface area contributed by atoms with Gasteiger partial charge in [0.15, 0.2) is 11.7 Å². The number of carboxylic acid groups (broad SMARTS) is 1. The minimum absolute atomic E-state index is 0. The van der Waals surface area contributed by atoms with Crippen molar-refractivity contribution in [3.05, 3.63) is 23.3 Å². The van der Waals surface area contributed by atoms with E-state index in [9.17, 15) is 18.0 Å². The summed E-state index contributed by atoms with van der Waals surface area (Å²) >= 11 is 0. The molecule has 73 valence electrons. The van der Waals surface area contributed by atoms with Crippen LogP contribution >= 0.6 is 0 Å². The van der Waals surface area contributed by atoms with Crippen LogP contribution in [0.5, 0.6) is 0 Å². The normalized spacial score (nSPS) is 26.7. The molecule has 0 bridgehead atoms. The minimum atomic E-state index is -3.13. The average Bonchev–Trinajstić information content (AvgIpc) is 1.95. The van der Waals surface area contributed by atoms with E-state index in [0.717, 1.165) is 0 Å². The van der Waals surface area contributed by atoms with Gasteiger partial charge < -0.3 is 10.2 Å². The van der Waals surface area contributed by atoms with Gasteiger partial charge in [-0.3, -0.25) is 0 Å². The molecular formula is C7H5F3KO3. The molecule has 0 saturated carbocycles. The molecule has 0 aromatic rings. The number of allylic oxidation sites excluding steroid dienone is 2. The number of aliphatic hydroxyl groups is 1. The Labute approximate surface area is 120 Å². The zero-order valence-corrected chi connectivity index (χ0v) is 10.3. The maximum absolute atomic E-state index is 12.7. The van der Waals surface area contributed by atoms with Crippen LogP contribution in [0.15, 0.2) is 23.3 Å². The van der Waals surface area contributed by atoms with E-state index < -0.39 is 35.5 Å². The smallest absolute Gasteiger partial charge is 0.334 e. The summed E-state index contributed by atoms with van der Waals surface area (Å²) < 4.78 is 37.7. The van der Waals surface area contributed by atoms with E-state index in [4.69, 9.17) is 10.2 Å². The van der Waals surface area contributed by atoms with Gasteiger partial charge in [0.25, 0.3) is 0 Å². The summed E-state index contributed by atoms with van der Waals surface area (Å²) in [5, 5.41) is 16.9. The van der Waals surface area contributed by atoms with Crippen LogP contribution < -0.4 is 0 Å². The Bertz CT molecular complexity index is 322. The Hall–Kier alpha value is 0.336. The molecule has 1 radical (unpaired) electrons. The molecule has 1 aliphatic rings. The number of carbonyl (C=O) groups is 1. The third kappa shape index (κ3) is 3.18. The van der Waals surface area contributed by atoms with Gasteiger partial charge in [-0.1, -0.05) is 0 Å². The topological polar surface area (TPSA) is 57.5 Å². The molecule has 14 heavy (non-hydrogen) atoms. The van der Waals surface area contributed by atoms with Gasteiger partial charge in [0.05, 0.1) is 5.57 Å². The molecule has 3 nitrogen and oxygen atoms in total. The summed E-state index contributed by atoms with van der Waals surface area (Å²) in [6, 6.07) is 0. The van der Waals surface area contributed by atoms with Crippen LogP contribution in [0, 0.1) is 0 Å². The van der Waals surface area contributed by atoms with Crippen molar-refractivity contribution < 1.29 is 28.2 Å². The number of alkyl halides is 1. The van der Waals surface area contributed by atoms with Crippen molar-refractivity contribution in [1.82, 2.24) is 0 Å². The zero-order chi connectivity index (χ0) is 10.2. The molecule has 0 aliphatic heterocycles. The predicted octanol–water partition coefficient (Wildman–Crippen LogP) is 0.829. The van der Waals surface area contributed by atoms with E-state index in [2.05, 4.69) is 0 Å². The van der Waals surface area contributed by atoms with Crippen LogP contribution in [0.3, 0.4) is 0 Å². The second kappa shape index (κ2) is 4.91. The molecule has 1 aliphatic carbocycles. The molecule has 0 amide bonds. The Kier molecular flexibility index (Phi) is 5.03. The number of halogens is 3. The van der Waals surface area contributed by atoms with E-state index in [0.29, 0.717) is 0 Å². The van der Waals surface area contributed by atoms with Crippen molar-refractivity contribution in [3.63, 3.8) is 0 Å². The van der Waals surface area contributed by atoms with E-state index in [1.54, 1.807) is 0 Å². The Morgan fingerprint density at radius 1 is 1.50 bits per heavy atom. The van der Waals surface area contributed by atoms with Gasteiger partial charge in [-0.05, 0) is 0 Å². The van der Waals surface area contributed by atoms with Crippen molar-refractivity contribution in [2.24, 2.45) is 0 Å². The standard InChI is InChI=1S/C7H5F3O3.K/c8-4-2-7(10,13)1-3(5(4)9)6(11)12;/h2,13H,1H2,(H,11,12);. The fourth-order valence-corrected chi connectivity index (χ4v) is 0.948. The second-order valence-corrected chi connectivity index (χ2v) is 2.59. The van der Waals surface area contributed by atoms with Crippen LogP contribution in [0.4, 0.5) is 13.2 Å². The van der Waals surface area contributed by atoms with Crippen LogP contribution in [0.25, 0.3) is 0 Å². The molecule has 0 fully saturated rings. The number of hydrogen-bond donors (Lipinski definition) is 2. The first-order valence-corrected chi connectivity index (χ1v) is 3.25. The molecule has 0 aromatic heterocycles. The van der Waals surface area contributed by atoms with Gasteiger partial charge in [-0.25, -0.2) is 18.0 Å². The first-order valence-electron chi connectivity index (χ1n) is 3.25. The molecule has 1 rings (SSSR count). The van der Waals surface area contributed by atoms with E-state index >= 15 is 0 Å². The molecule has 2 N–H and O–H groups in total. The average molecular weight is 233 g/mol. The number of aliphatic carboxylic acids is 1. The molecule has 0 aromatic carbocycles. The third-order valence-corrected chi connectivity index (χ3v) is 1.51. The largest absolute Gasteiger partial charge is 0.478 e. The summed E-state index contributed by atoms with van der Waals surface area (Å²) in [4.78, 5) is 10.2. The van der Waals surface area contributed by atoms with Crippen LogP contribution in [-0.2, 0) is 4.79 Å². The summed E-state index contributed by atoms with van der Waals surface area (Å²) in [5.74, 6) is -8.27. The fraction of sp³-hybridized carbons (Fsp3) is 0.286. The number of carboxylic acids is 1. The monoisotopic (exact) mass is 233 g/mol. The third-order valence-electron chi connectivity index (χ3n) is 1.51. The summed E-state index contributed by atoms with van der Waals surface area (Å²) in [5.41, 5.74) is -1.11. The summed E-state index contributed by atoms with van der Waals surface area (Å²) in [6.45, 7) is 0. The molecule has 7 heteroatoms. The maximum atomic E-state index is 12.7. The Morgan fingerprint density at radius 3 is 2.43 bits per heavy atom. The molecule has 0 heterocycles. The van der Waals surface area contributed by atoms with Crippen LogP contribution in [-0.4, -0.2) is 73.4 Å². The maximum Gasteiger partial charge on any atom is 0.334 e. The Morgan fingerprint density at radius 2 is 2.00 bits per heavy atom. The van der Waals surface area contributed by atoms with Gasteiger partial charge >= 0.3 is 5.97 Å². The van der Waals surface area contributed by atoms with E-state index in [1.807, 2.05) is 0 Å². The second-order valence-electron chi connectivity index (χ2n) is 2.59. The van der Waals surface area contributed by atoms with Crippen molar-refractivity contribution in [2.75, 3.05) is 0 Å².